The normalized spacial score (nSPS) is 19.6. The Hall–Kier alpha value is -1.06. The largest absolute Gasteiger partial charge is 0.355 e. The molecule has 1 aliphatic carbocycles. The summed E-state index contributed by atoms with van der Waals surface area (Å²) in [4.78, 5) is 11.6. The highest BCUT2D eigenvalue weighted by Gasteiger charge is 2.38. The fourth-order valence-electron chi connectivity index (χ4n) is 3.00. The predicted molar refractivity (Wildman–Crippen MR) is 87.5 cm³/mol. The highest BCUT2D eigenvalue weighted by molar-refractivity contribution is 6.30. The van der Waals surface area contributed by atoms with Crippen LogP contribution >= 0.6 is 11.6 Å². The van der Waals surface area contributed by atoms with Gasteiger partial charge in [0.2, 0.25) is 5.91 Å². The zero-order chi connectivity index (χ0) is 15.6. The summed E-state index contributed by atoms with van der Waals surface area (Å²) in [6.45, 7) is 9.76. The Morgan fingerprint density at radius 3 is 2.76 bits per heavy atom. The fourth-order valence-corrected chi connectivity index (χ4v) is 3.18. The summed E-state index contributed by atoms with van der Waals surface area (Å²) in [6.07, 6.45) is 1.05. The average molecular weight is 309 g/mol. The van der Waals surface area contributed by atoms with Gasteiger partial charge in [-0.15, -0.1) is 0 Å². The van der Waals surface area contributed by atoms with Crippen LogP contribution in [0.2, 0.25) is 5.02 Å². The van der Waals surface area contributed by atoms with E-state index in [0.717, 1.165) is 18.0 Å². The Labute approximate surface area is 132 Å². The van der Waals surface area contributed by atoms with Crippen LogP contribution in [0.4, 0.5) is 0 Å². The summed E-state index contributed by atoms with van der Waals surface area (Å²) in [5, 5.41) is 7.30. The lowest BCUT2D eigenvalue weighted by Crippen LogP contribution is -2.38. The highest BCUT2D eigenvalue weighted by Crippen LogP contribution is 2.45. The zero-order valence-corrected chi connectivity index (χ0v) is 14.1. The molecule has 0 saturated heterocycles. The topological polar surface area (TPSA) is 41.1 Å². The van der Waals surface area contributed by atoms with Gasteiger partial charge in [0.1, 0.15) is 0 Å². The van der Waals surface area contributed by atoms with Gasteiger partial charge < -0.3 is 10.6 Å². The van der Waals surface area contributed by atoms with E-state index in [-0.39, 0.29) is 23.3 Å². The lowest BCUT2D eigenvalue weighted by Gasteiger charge is -2.29. The molecule has 21 heavy (non-hydrogen) atoms. The second kappa shape index (κ2) is 6.37. The molecule has 0 aliphatic heterocycles. The molecule has 116 valence electrons. The molecule has 0 aromatic heterocycles. The summed E-state index contributed by atoms with van der Waals surface area (Å²) >= 11 is 6.13. The molecule has 1 aromatic rings. The van der Waals surface area contributed by atoms with Crippen molar-refractivity contribution in [3.8, 4) is 0 Å². The zero-order valence-electron chi connectivity index (χ0n) is 13.3. The maximum atomic E-state index is 11.6. The van der Waals surface area contributed by atoms with Crippen LogP contribution in [0.25, 0.3) is 0 Å². The Balaban J connectivity index is 1.96. The summed E-state index contributed by atoms with van der Waals surface area (Å²) in [7, 11) is 0. The van der Waals surface area contributed by atoms with E-state index in [2.05, 4.69) is 36.6 Å². The van der Waals surface area contributed by atoms with Crippen molar-refractivity contribution in [2.75, 3.05) is 13.1 Å². The van der Waals surface area contributed by atoms with E-state index in [1.165, 1.54) is 11.1 Å². The Bertz CT molecular complexity index is 526. The third kappa shape index (κ3) is 3.78. The van der Waals surface area contributed by atoms with Crippen molar-refractivity contribution >= 4 is 17.5 Å². The number of carbonyl (C=O) groups is 1. The van der Waals surface area contributed by atoms with E-state index in [4.69, 9.17) is 11.6 Å². The lowest BCUT2D eigenvalue weighted by atomic mass is 9.85. The molecule has 4 heteroatoms. The van der Waals surface area contributed by atoms with Crippen LogP contribution in [0.3, 0.4) is 0 Å². The van der Waals surface area contributed by atoms with Crippen molar-refractivity contribution in [3.63, 3.8) is 0 Å². The second-order valence-electron chi connectivity index (χ2n) is 6.84. The van der Waals surface area contributed by atoms with Crippen molar-refractivity contribution in [1.29, 1.82) is 0 Å². The van der Waals surface area contributed by atoms with E-state index < -0.39 is 0 Å². The number of hydrogen-bond donors (Lipinski definition) is 2. The molecule has 0 bridgehead atoms. The van der Waals surface area contributed by atoms with Crippen molar-refractivity contribution in [1.82, 2.24) is 10.6 Å². The number of hydrogen-bond acceptors (Lipinski definition) is 2. The van der Waals surface area contributed by atoms with Crippen LogP contribution in [-0.2, 0) is 11.2 Å². The number of benzene rings is 1. The van der Waals surface area contributed by atoms with Crippen molar-refractivity contribution in [2.24, 2.45) is 11.3 Å². The van der Waals surface area contributed by atoms with Gasteiger partial charge in [-0.05, 0) is 35.1 Å². The first-order valence-electron chi connectivity index (χ1n) is 7.60. The minimum absolute atomic E-state index is 0.0347. The summed E-state index contributed by atoms with van der Waals surface area (Å²) in [5.74, 6) is 0.137. The molecule has 0 saturated carbocycles. The molecule has 0 heterocycles. The summed E-state index contributed by atoms with van der Waals surface area (Å²) < 4.78 is 0. The van der Waals surface area contributed by atoms with Crippen molar-refractivity contribution in [2.45, 2.75) is 40.2 Å². The van der Waals surface area contributed by atoms with Crippen LogP contribution in [0.15, 0.2) is 18.2 Å². The number of nitrogens with one attached hydrogen (secondary N) is 2. The standard InChI is InChI=1S/C17H25ClN2O/c1-11(2)16(21)20-8-7-19-15-14-9-13(18)6-5-12(14)10-17(15,3)4/h5-6,9,11,15,19H,7-8,10H2,1-4H3,(H,20,21). The first kappa shape index (κ1) is 16.3. The first-order chi connectivity index (χ1) is 9.81. The quantitative estimate of drug-likeness (QED) is 0.819. The van der Waals surface area contributed by atoms with Crippen LogP contribution in [0.1, 0.15) is 44.9 Å². The van der Waals surface area contributed by atoms with Crippen LogP contribution in [0, 0.1) is 11.3 Å². The Morgan fingerprint density at radius 1 is 1.38 bits per heavy atom. The molecule has 0 spiro atoms. The summed E-state index contributed by atoms with van der Waals surface area (Å²) in [6, 6.07) is 6.43. The minimum Gasteiger partial charge on any atom is -0.355 e. The molecule has 0 fully saturated rings. The smallest absolute Gasteiger partial charge is 0.222 e. The molecule has 3 nitrogen and oxygen atoms in total. The van der Waals surface area contributed by atoms with Crippen molar-refractivity contribution in [3.05, 3.63) is 34.3 Å². The summed E-state index contributed by atoms with van der Waals surface area (Å²) in [5.41, 5.74) is 2.82. The third-order valence-electron chi connectivity index (χ3n) is 4.14. The molecule has 1 aromatic carbocycles. The molecule has 1 amide bonds. The van der Waals surface area contributed by atoms with Crippen LogP contribution in [0.5, 0.6) is 0 Å². The van der Waals surface area contributed by atoms with E-state index in [1.54, 1.807) is 0 Å². The number of carbonyl (C=O) groups excluding carboxylic acids is 1. The minimum atomic E-state index is 0.0347. The number of rotatable bonds is 5. The number of halogens is 1. The Kier molecular flexibility index (Phi) is 4.95. The van der Waals surface area contributed by atoms with Gasteiger partial charge in [0, 0.05) is 30.1 Å². The maximum Gasteiger partial charge on any atom is 0.222 e. The van der Waals surface area contributed by atoms with Gasteiger partial charge in [-0.25, -0.2) is 0 Å². The average Bonchev–Trinajstić information content (AvgIpc) is 2.64. The molecular weight excluding hydrogens is 284 g/mol. The van der Waals surface area contributed by atoms with Gasteiger partial charge in [-0.2, -0.15) is 0 Å². The van der Waals surface area contributed by atoms with E-state index in [1.807, 2.05) is 19.9 Å². The van der Waals surface area contributed by atoms with Gasteiger partial charge in [-0.1, -0.05) is 45.4 Å². The van der Waals surface area contributed by atoms with Gasteiger partial charge in [0.25, 0.3) is 0 Å². The molecule has 0 radical (unpaired) electrons. The third-order valence-corrected chi connectivity index (χ3v) is 4.38. The SMILES string of the molecule is CC(C)C(=O)NCCNC1c2cc(Cl)ccc2CC1(C)C. The van der Waals surface area contributed by atoms with Gasteiger partial charge in [0.05, 0.1) is 0 Å². The first-order valence-corrected chi connectivity index (χ1v) is 7.98. The number of amides is 1. The molecular formula is C17H25ClN2O. The number of fused-ring (bicyclic) bond motifs is 1. The monoisotopic (exact) mass is 308 g/mol. The van der Waals surface area contributed by atoms with E-state index in [0.29, 0.717) is 6.54 Å². The van der Waals surface area contributed by atoms with Gasteiger partial charge in [0.15, 0.2) is 0 Å². The lowest BCUT2D eigenvalue weighted by molar-refractivity contribution is -0.123. The predicted octanol–water partition coefficient (Wildman–Crippen LogP) is 3.33. The molecule has 2 rings (SSSR count). The molecule has 2 N–H and O–H groups in total. The fraction of sp³-hybridized carbons (Fsp3) is 0.588. The van der Waals surface area contributed by atoms with Crippen LogP contribution < -0.4 is 10.6 Å². The van der Waals surface area contributed by atoms with Crippen molar-refractivity contribution < 1.29 is 4.79 Å². The van der Waals surface area contributed by atoms with E-state index in [9.17, 15) is 4.79 Å². The maximum absolute atomic E-state index is 11.6. The van der Waals surface area contributed by atoms with E-state index >= 15 is 0 Å². The molecule has 1 atom stereocenters. The molecule has 1 unspecified atom stereocenters. The van der Waals surface area contributed by atoms with Crippen LogP contribution in [-0.4, -0.2) is 19.0 Å². The second-order valence-corrected chi connectivity index (χ2v) is 7.28. The van der Waals surface area contributed by atoms with Gasteiger partial charge >= 0.3 is 0 Å². The van der Waals surface area contributed by atoms with Gasteiger partial charge in [-0.3, -0.25) is 4.79 Å². The highest BCUT2D eigenvalue weighted by atomic mass is 35.5. The Morgan fingerprint density at radius 2 is 2.10 bits per heavy atom. The molecule has 1 aliphatic rings.